The van der Waals surface area contributed by atoms with Gasteiger partial charge >= 0.3 is 0 Å². The van der Waals surface area contributed by atoms with Gasteiger partial charge in [0.25, 0.3) is 0 Å². The van der Waals surface area contributed by atoms with Gasteiger partial charge in [-0.3, -0.25) is 19.2 Å². The number of halogens is 1. The van der Waals surface area contributed by atoms with Crippen LogP contribution in [-0.2, 0) is 4.74 Å². The second-order valence-electron chi connectivity index (χ2n) is 9.91. The largest absolute Gasteiger partial charge is 0.348 e. The number of carbonyl (C=O) groups excluding carboxylic acids is 4. The van der Waals surface area contributed by atoms with Crippen LogP contribution in [-0.4, -0.2) is 28.7 Å². The Morgan fingerprint density at radius 1 is 0.526 bits per heavy atom. The SMILES string of the molecule is O=C1c2ccccc2C(=O)C12O[C@@H](c1ccccc1)C1(C(=O)c3ccccc3C1=O)[C@@H]2c1ccc(Br)cc1. The van der Waals surface area contributed by atoms with Crippen molar-refractivity contribution in [3.8, 4) is 0 Å². The molecular weight excluding hydrogens is 544 g/mol. The molecule has 6 heteroatoms. The summed E-state index contributed by atoms with van der Waals surface area (Å²) < 4.78 is 7.44. The van der Waals surface area contributed by atoms with E-state index < -0.39 is 46.2 Å². The lowest BCUT2D eigenvalue weighted by Gasteiger charge is -2.34. The molecule has 4 aromatic rings. The molecule has 2 aliphatic carbocycles. The van der Waals surface area contributed by atoms with Crippen LogP contribution < -0.4 is 0 Å². The number of Topliss-reactive ketones (excluding diaryl/α,β-unsaturated/α-hetero) is 4. The Kier molecular flexibility index (Phi) is 4.87. The first kappa shape index (κ1) is 23.1. The number of benzene rings is 4. The standard InChI is InChI=1S/C32H19BrO5/c33-20-16-14-18(15-17-20)25-31(26(34)21-10-4-5-11-22(21)27(31)35)30(19-8-2-1-3-9-19)38-32(25)28(36)23-12-6-7-13-24(23)29(32)37/h1-17,25,30H/t25-,30-/m0/s1. The Hall–Kier alpha value is -4.00. The zero-order valence-electron chi connectivity index (χ0n) is 19.9. The molecule has 5 nitrogen and oxygen atoms in total. The fourth-order valence-corrected chi connectivity index (χ4v) is 6.87. The van der Waals surface area contributed by atoms with E-state index in [0.717, 1.165) is 4.47 Å². The van der Waals surface area contributed by atoms with Crippen molar-refractivity contribution in [3.05, 3.63) is 141 Å². The average Bonchev–Trinajstić information content (AvgIpc) is 3.48. The fourth-order valence-electron chi connectivity index (χ4n) is 6.61. The average molecular weight is 563 g/mol. The van der Waals surface area contributed by atoms with Gasteiger partial charge in [0.15, 0.2) is 11.6 Å². The van der Waals surface area contributed by atoms with Crippen molar-refractivity contribution in [2.24, 2.45) is 5.41 Å². The number of hydrogen-bond acceptors (Lipinski definition) is 5. The van der Waals surface area contributed by atoms with Crippen molar-refractivity contribution in [2.45, 2.75) is 17.6 Å². The number of hydrogen-bond donors (Lipinski definition) is 0. The van der Waals surface area contributed by atoms with Crippen molar-refractivity contribution in [2.75, 3.05) is 0 Å². The van der Waals surface area contributed by atoms with Crippen molar-refractivity contribution < 1.29 is 23.9 Å². The van der Waals surface area contributed by atoms with Gasteiger partial charge in [-0.2, -0.15) is 0 Å². The Morgan fingerprint density at radius 3 is 1.47 bits per heavy atom. The molecule has 38 heavy (non-hydrogen) atoms. The molecule has 2 spiro atoms. The van der Waals surface area contributed by atoms with Crippen LogP contribution in [0.2, 0.25) is 0 Å². The molecule has 184 valence electrons. The summed E-state index contributed by atoms with van der Waals surface area (Å²) >= 11 is 3.45. The summed E-state index contributed by atoms with van der Waals surface area (Å²) in [6.45, 7) is 0. The highest BCUT2D eigenvalue weighted by molar-refractivity contribution is 9.10. The highest BCUT2D eigenvalue weighted by Crippen LogP contribution is 2.67. The van der Waals surface area contributed by atoms with Gasteiger partial charge in [-0.15, -0.1) is 0 Å². The molecule has 0 N–H and O–H groups in total. The first-order valence-corrected chi connectivity index (χ1v) is 13.1. The Morgan fingerprint density at radius 2 is 0.974 bits per heavy atom. The molecule has 0 saturated carbocycles. The van der Waals surface area contributed by atoms with E-state index in [9.17, 15) is 19.2 Å². The number of rotatable bonds is 2. The highest BCUT2D eigenvalue weighted by atomic mass is 79.9. The number of fused-ring (bicyclic) bond motifs is 2. The van der Waals surface area contributed by atoms with Crippen LogP contribution in [0.1, 0.15) is 64.6 Å². The van der Waals surface area contributed by atoms with Gasteiger partial charge < -0.3 is 4.74 Å². The molecule has 1 saturated heterocycles. The Balaban J connectivity index is 1.59. The minimum atomic E-state index is -2.08. The minimum Gasteiger partial charge on any atom is -0.348 e. The van der Waals surface area contributed by atoms with Crippen LogP contribution in [0, 0.1) is 5.41 Å². The lowest BCUT2D eigenvalue weighted by atomic mass is 9.60. The van der Waals surface area contributed by atoms with Crippen molar-refractivity contribution in [3.63, 3.8) is 0 Å². The first-order chi connectivity index (χ1) is 18.4. The zero-order valence-corrected chi connectivity index (χ0v) is 21.5. The Bertz CT molecular complexity index is 1620. The molecule has 1 heterocycles. The van der Waals surface area contributed by atoms with E-state index >= 15 is 0 Å². The van der Waals surface area contributed by atoms with Gasteiger partial charge in [0.05, 0.1) is 5.92 Å². The van der Waals surface area contributed by atoms with E-state index in [1.165, 1.54) is 0 Å². The third-order valence-electron chi connectivity index (χ3n) is 8.14. The predicted molar refractivity (Wildman–Crippen MR) is 143 cm³/mol. The summed E-state index contributed by atoms with van der Waals surface area (Å²) in [4.78, 5) is 57.7. The van der Waals surface area contributed by atoms with E-state index in [-0.39, 0.29) is 22.3 Å². The van der Waals surface area contributed by atoms with Crippen molar-refractivity contribution in [1.29, 1.82) is 0 Å². The number of ketones is 4. The fraction of sp³-hybridized carbons (Fsp3) is 0.125. The van der Waals surface area contributed by atoms with Crippen LogP contribution in [0.3, 0.4) is 0 Å². The smallest absolute Gasteiger partial charge is 0.204 e. The summed E-state index contributed by atoms with van der Waals surface area (Å²) in [5.41, 5.74) is -1.85. The summed E-state index contributed by atoms with van der Waals surface area (Å²) in [7, 11) is 0. The van der Waals surface area contributed by atoms with E-state index in [2.05, 4.69) is 15.9 Å². The van der Waals surface area contributed by atoms with Crippen LogP contribution in [0.15, 0.2) is 108 Å². The lowest BCUT2D eigenvalue weighted by Crippen LogP contribution is -2.51. The number of ether oxygens (including phenoxy) is 1. The second kappa shape index (κ2) is 8.00. The van der Waals surface area contributed by atoms with Crippen molar-refractivity contribution >= 4 is 39.1 Å². The van der Waals surface area contributed by atoms with Gasteiger partial charge in [-0.1, -0.05) is 107 Å². The van der Waals surface area contributed by atoms with E-state index in [4.69, 9.17) is 4.74 Å². The predicted octanol–water partition coefficient (Wildman–Crippen LogP) is 6.19. The maximum Gasteiger partial charge on any atom is 0.204 e. The van der Waals surface area contributed by atoms with Gasteiger partial charge in [0.1, 0.15) is 11.5 Å². The first-order valence-electron chi connectivity index (χ1n) is 12.3. The molecule has 1 aliphatic heterocycles. The number of carbonyl (C=O) groups is 4. The normalized spacial score (nSPS) is 22.3. The molecule has 1 fully saturated rings. The van der Waals surface area contributed by atoms with E-state index in [0.29, 0.717) is 11.1 Å². The minimum absolute atomic E-state index is 0.235. The van der Waals surface area contributed by atoms with Crippen LogP contribution >= 0.6 is 15.9 Å². The van der Waals surface area contributed by atoms with E-state index in [1.807, 2.05) is 6.07 Å². The van der Waals surface area contributed by atoms with Gasteiger partial charge in [-0.25, -0.2) is 0 Å². The molecule has 2 atom stereocenters. The van der Waals surface area contributed by atoms with Crippen molar-refractivity contribution in [1.82, 2.24) is 0 Å². The molecule has 0 aromatic heterocycles. The maximum atomic E-state index is 14.6. The molecule has 0 bridgehead atoms. The van der Waals surface area contributed by atoms with Crippen LogP contribution in [0.4, 0.5) is 0 Å². The van der Waals surface area contributed by atoms with Gasteiger partial charge in [-0.05, 0) is 23.3 Å². The Labute approximate surface area is 226 Å². The molecule has 4 aromatic carbocycles. The van der Waals surface area contributed by atoms with Gasteiger partial charge in [0, 0.05) is 26.7 Å². The molecule has 0 unspecified atom stereocenters. The summed E-state index contributed by atoms with van der Waals surface area (Å²) in [6, 6.07) is 29.3. The molecule has 7 rings (SSSR count). The lowest BCUT2D eigenvalue weighted by molar-refractivity contribution is -0.0210. The topological polar surface area (TPSA) is 77.5 Å². The summed E-state index contributed by atoms with van der Waals surface area (Å²) in [5.74, 6) is -3.12. The molecule has 3 aliphatic rings. The molecule has 0 amide bonds. The monoisotopic (exact) mass is 562 g/mol. The quantitative estimate of drug-likeness (QED) is 0.272. The van der Waals surface area contributed by atoms with Gasteiger partial charge in [0.2, 0.25) is 17.2 Å². The second-order valence-corrected chi connectivity index (χ2v) is 10.8. The third kappa shape index (κ3) is 2.69. The highest BCUT2D eigenvalue weighted by Gasteiger charge is 2.79. The van der Waals surface area contributed by atoms with Crippen LogP contribution in [0.25, 0.3) is 0 Å². The molecular formula is C32H19BrO5. The van der Waals surface area contributed by atoms with Crippen LogP contribution in [0.5, 0.6) is 0 Å². The summed E-state index contributed by atoms with van der Waals surface area (Å²) in [6.07, 6.45) is -1.16. The third-order valence-corrected chi connectivity index (χ3v) is 8.67. The zero-order chi connectivity index (χ0) is 26.2. The summed E-state index contributed by atoms with van der Waals surface area (Å²) in [5, 5.41) is 0. The maximum absolute atomic E-state index is 14.6. The van der Waals surface area contributed by atoms with E-state index in [1.54, 1.807) is 97.1 Å². The molecule has 0 radical (unpaired) electrons.